The van der Waals surface area contributed by atoms with Gasteiger partial charge in [-0.1, -0.05) is 23.4 Å². The van der Waals surface area contributed by atoms with E-state index >= 15 is 0 Å². The third-order valence-corrected chi connectivity index (χ3v) is 3.43. The van der Waals surface area contributed by atoms with Gasteiger partial charge in [0.1, 0.15) is 5.75 Å². The molecule has 0 aliphatic carbocycles. The van der Waals surface area contributed by atoms with Crippen LogP contribution in [-0.2, 0) is 0 Å². The second-order valence-corrected chi connectivity index (χ2v) is 6.79. The average molecular weight is 342 g/mol. The van der Waals surface area contributed by atoms with Gasteiger partial charge in [0.25, 0.3) is 5.91 Å². The lowest BCUT2D eigenvalue weighted by Gasteiger charge is -2.08. The van der Waals surface area contributed by atoms with Crippen molar-refractivity contribution in [3.05, 3.63) is 58.6 Å². The third-order valence-electron chi connectivity index (χ3n) is 3.14. The first kappa shape index (κ1) is 17.9. The fourth-order valence-corrected chi connectivity index (χ4v) is 2.17. The zero-order valence-electron chi connectivity index (χ0n) is 14.2. The van der Waals surface area contributed by atoms with Crippen molar-refractivity contribution in [3.63, 3.8) is 0 Å². The minimum Gasteiger partial charge on any atom is -0.495 e. The Bertz CT molecular complexity index is 793. The molecule has 2 aromatic carbocycles. The lowest BCUT2D eigenvalue weighted by Crippen LogP contribution is -2.11. The molecule has 0 aliphatic rings. The molecule has 3 nitrogen and oxygen atoms in total. The van der Waals surface area contributed by atoms with E-state index in [2.05, 4.69) is 37.9 Å². The molecule has 0 saturated carbocycles. The van der Waals surface area contributed by atoms with Crippen molar-refractivity contribution in [2.75, 3.05) is 12.4 Å². The molecule has 24 heavy (non-hydrogen) atoms. The maximum Gasteiger partial charge on any atom is 0.255 e. The fraction of sp³-hybridized carbons (Fsp3) is 0.250. The number of amides is 1. The van der Waals surface area contributed by atoms with Crippen LogP contribution in [0.3, 0.4) is 0 Å². The highest BCUT2D eigenvalue weighted by atomic mass is 35.5. The average Bonchev–Trinajstić information content (AvgIpc) is 2.53. The Morgan fingerprint density at radius 1 is 1.12 bits per heavy atom. The molecule has 0 fully saturated rings. The third kappa shape index (κ3) is 5.04. The Balaban J connectivity index is 2.10. The number of anilines is 1. The van der Waals surface area contributed by atoms with Gasteiger partial charge in [-0.15, -0.1) is 0 Å². The summed E-state index contributed by atoms with van der Waals surface area (Å²) in [6.07, 6.45) is 0. The molecule has 0 spiro atoms. The predicted octanol–water partition coefficient (Wildman–Crippen LogP) is 5.00. The van der Waals surface area contributed by atoms with E-state index in [1.165, 1.54) is 0 Å². The van der Waals surface area contributed by atoms with E-state index in [9.17, 15) is 4.79 Å². The van der Waals surface area contributed by atoms with Crippen molar-refractivity contribution in [2.24, 2.45) is 5.41 Å². The lowest BCUT2D eigenvalue weighted by atomic mass is 9.97. The van der Waals surface area contributed by atoms with E-state index in [4.69, 9.17) is 16.3 Å². The van der Waals surface area contributed by atoms with Crippen molar-refractivity contribution in [3.8, 4) is 17.6 Å². The maximum atomic E-state index is 12.3. The van der Waals surface area contributed by atoms with Gasteiger partial charge in [0.2, 0.25) is 0 Å². The quantitative estimate of drug-likeness (QED) is 0.798. The van der Waals surface area contributed by atoms with Crippen LogP contribution in [0, 0.1) is 17.3 Å². The number of nitrogens with one attached hydrogen (secondary N) is 1. The molecule has 0 aliphatic heterocycles. The van der Waals surface area contributed by atoms with E-state index < -0.39 is 0 Å². The van der Waals surface area contributed by atoms with Crippen molar-refractivity contribution >= 4 is 23.2 Å². The lowest BCUT2D eigenvalue weighted by molar-refractivity contribution is 0.102. The van der Waals surface area contributed by atoms with Gasteiger partial charge in [0, 0.05) is 22.2 Å². The molecule has 0 radical (unpaired) electrons. The van der Waals surface area contributed by atoms with Gasteiger partial charge in [-0.25, -0.2) is 0 Å². The van der Waals surface area contributed by atoms with Gasteiger partial charge in [-0.2, -0.15) is 0 Å². The number of carbonyl (C=O) groups is 1. The van der Waals surface area contributed by atoms with Crippen LogP contribution < -0.4 is 10.1 Å². The van der Waals surface area contributed by atoms with Crippen molar-refractivity contribution in [2.45, 2.75) is 20.8 Å². The maximum absolute atomic E-state index is 12.3. The minimum atomic E-state index is -0.202. The summed E-state index contributed by atoms with van der Waals surface area (Å²) >= 11 is 6.06. The van der Waals surface area contributed by atoms with Crippen LogP contribution in [0.2, 0.25) is 5.02 Å². The molecule has 0 atom stereocenters. The standard InChI is InChI=1S/C20H20ClNO2/c1-20(2,3)12-11-14-5-7-15(8-6-14)19(23)22-16-9-10-18(24-4)17(21)13-16/h5-10,13H,1-4H3,(H,22,23). The summed E-state index contributed by atoms with van der Waals surface area (Å²) in [7, 11) is 1.55. The smallest absolute Gasteiger partial charge is 0.255 e. The monoisotopic (exact) mass is 341 g/mol. The molecule has 1 amide bonds. The summed E-state index contributed by atoms with van der Waals surface area (Å²) in [6.45, 7) is 6.17. The molecule has 2 rings (SSSR count). The van der Waals surface area contributed by atoms with Gasteiger partial charge in [0.05, 0.1) is 12.1 Å². The van der Waals surface area contributed by atoms with E-state index in [0.717, 1.165) is 5.56 Å². The topological polar surface area (TPSA) is 38.3 Å². The second kappa shape index (κ2) is 7.42. The molecule has 124 valence electrons. The van der Waals surface area contributed by atoms with Crippen molar-refractivity contribution in [1.82, 2.24) is 0 Å². The summed E-state index contributed by atoms with van der Waals surface area (Å²) in [6, 6.07) is 12.3. The summed E-state index contributed by atoms with van der Waals surface area (Å²) in [4.78, 5) is 12.3. The number of rotatable bonds is 3. The van der Waals surface area contributed by atoms with Crippen LogP contribution in [-0.4, -0.2) is 13.0 Å². The van der Waals surface area contributed by atoms with Crippen LogP contribution >= 0.6 is 11.6 Å². The SMILES string of the molecule is COc1ccc(NC(=O)c2ccc(C#CC(C)(C)C)cc2)cc1Cl. The molecule has 2 aromatic rings. The largest absolute Gasteiger partial charge is 0.495 e. The second-order valence-electron chi connectivity index (χ2n) is 6.38. The molecule has 1 N–H and O–H groups in total. The first-order chi connectivity index (χ1) is 11.3. The first-order valence-corrected chi connectivity index (χ1v) is 7.94. The Labute approximate surface area is 148 Å². The summed E-state index contributed by atoms with van der Waals surface area (Å²) in [5, 5.41) is 3.26. The van der Waals surface area contributed by atoms with Crippen molar-refractivity contribution in [1.29, 1.82) is 0 Å². The number of hydrogen-bond donors (Lipinski definition) is 1. The number of methoxy groups -OCH3 is 1. The van der Waals surface area contributed by atoms with Gasteiger partial charge in [0.15, 0.2) is 0 Å². The van der Waals surface area contributed by atoms with E-state index in [-0.39, 0.29) is 11.3 Å². The van der Waals surface area contributed by atoms with Crippen LogP contribution in [0.1, 0.15) is 36.7 Å². The highest BCUT2D eigenvalue weighted by Gasteiger charge is 2.08. The predicted molar refractivity (Wildman–Crippen MR) is 98.7 cm³/mol. The summed E-state index contributed by atoms with van der Waals surface area (Å²) in [5.41, 5.74) is 2.00. The van der Waals surface area contributed by atoms with Gasteiger partial charge in [-0.05, 0) is 63.2 Å². The number of halogens is 1. The molecular weight excluding hydrogens is 322 g/mol. The van der Waals surface area contributed by atoms with Crippen LogP contribution in [0.25, 0.3) is 0 Å². The number of benzene rings is 2. The van der Waals surface area contributed by atoms with E-state index in [0.29, 0.717) is 22.0 Å². The molecule has 0 saturated heterocycles. The van der Waals surface area contributed by atoms with Gasteiger partial charge < -0.3 is 10.1 Å². The van der Waals surface area contributed by atoms with Crippen LogP contribution in [0.15, 0.2) is 42.5 Å². The van der Waals surface area contributed by atoms with E-state index in [1.807, 2.05) is 12.1 Å². The molecule has 0 unspecified atom stereocenters. The first-order valence-electron chi connectivity index (χ1n) is 7.56. The molecular formula is C20H20ClNO2. The van der Waals surface area contributed by atoms with E-state index in [1.54, 1.807) is 37.4 Å². The van der Waals surface area contributed by atoms with Crippen LogP contribution in [0.5, 0.6) is 5.75 Å². The Morgan fingerprint density at radius 2 is 1.79 bits per heavy atom. The number of hydrogen-bond acceptors (Lipinski definition) is 2. The normalized spacial score (nSPS) is 10.5. The molecule has 0 heterocycles. The highest BCUT2D eigenvalue weighted by molar-refractivity contribution is 6.32. The van der Waals surface area contributed by atoms with Crippen molar-refractivity contribution < 1.29 is 9.53 Å². The zero-order chi connectivity index (χ0) is 17.7. The van der Waals surface area contributed by atoms with Gasteiger partial charge >= 0.3 is 0 Å². The summed E-state index contributed by atoms with van der Waals surface area (Å²) < 4.78 is 5.09. The fourth-order valence-electron chi connectivity index (χ4n) is 1.91. The highest BCUT2D eigenvalue weighted by Crippen LogP contribution is 2.27. The Hall–Kier alpha value is -2.44. The molecule has 4 heteroatoms. The number of ether oxygens (including phenoxy) is 1. The minimum absolute atomic E-state index is 0.0519. The Kier molecular flexibility index (Phi) is 5.54. The Morgan fingerprint density at radius 3 is 2.33 bits per heavy atom. The molecule has 0 aromatic heterocycles. The van der Waals surface area contributed by atoms with Crippen LogP contribution in [0.4, 0.5) is 5.69 Å². The van der Waals surface area contributed by atoms with Gasteiger partial charge in [-0.3, -0.25) is 4.79 Å². The zero-order valence-corrected chi connectivity index (χ0v) is 15.0. The summed E-state index contributed by atoms with van der Waals surface area (Å²) in [5.74, 6) is 6.64. The molecule has 0 bridgehead atoms. The number of carbonyl (C=O) groups excluding carboxylic acids is 1.